The van der Waals surface area contributed by atoms with E-state index < -0.39 is 0 Å². The number of carbonyl (C=O) groups is 1. The topological polar surface area (TPSA) is 97.1 Å². The average Bonchev–Trinajstić information content (AvgIpc) is 2.75. The van der Waals surface area contributed by atoms with Crippen molar-refractivity contribution in [3.05, 3.63) is 0 Å². The highest BCUT2D eigenvalue weighted by molar-refractivity contribution is 5.78. The van der Waals surface area contributed by atoms with Crippen LogP contribution in [0.25, 0.3) is 0 Å². The van der Waals surface area contributed by atoms with Crippen molar-refractivity contribution in [1.29, 1.82) is 10.5 Å². The second-order valence-electron chi connectivity index (χ2n) is 4.48. The molecule has 6 nitrogen and oxygen atoms in total. The third-order valence-corrected chi connectivity index (χ3v) is 3.01. The average molecular weight is 249 g/mol. The quantitative estimate of drug-likeness (QED) is 0.695. The van der Waals surface area contributed by atoms with E-state index in [1.165, 1.54) is 0 Å². The number of nitriles is 2. The summed E-state index contributed by atoms with van der Waals surface area (Å²) < 4.78 is 0. The fourth-order valence-electron chi connectivity index (χ4n) is 2.03. The van der Waals surface area contributed by atoms with Crippen molar-refractivity contribution in [3.8, 4) is 12.1 Å². The summed E-state index contributed by atoms with van der Waals surface area (Å²) in [7, 11) is 0. The van der Waals surface area contributed by atoms with Gasteiger partial charge in [0, 0.05) is 32.2 Å². The van der Waals surface area contributed by atoms with Crippen LogP contribution >= 0.6 is 0 Å². The number of carbonyl (C=O) groups excluding carboxylic acids is 1. The minimum atomic E-state index is -0.0189. The van der Waals surface area contributed by atoms with Crippen LogP contribution in [0.5, 0.6) is 0 Å². The monoisotopic (exact) mass is 249 g/mol. The molecular formula is C12H19N5O. The van der Waals surface area contributed by atoms with E-state index in [0.717, 1.165) is 19.5 Å². The SMILES string of the molecule is N#CCCN(CCC#N)C(=O)CN1CCC(N)C1. The zero-order valence-corrected chi connectivity index (χ0v) is 10.5. The van der Waals surface area contributed by atoms with Crippen LogP contribution in [0.1, 0.15) is 19.3 Å². The highest BCUT2D eigenvalue weighted by Crippen LogP contribution is 2.07. The first-order valence-corrected chi connectivity index (χ1v) is 6.17. The zero-order chi connectivity index (χ0) is 13.4. The Morgan fingerprint density at radius 3 is 2.39 bits per heavy atom. The summed E-state index contributed by atoms with van der Waals surface area (Å²) in [6.45, 7) is 2.73. The molecule has 0 radical (unpaired) electrons. The van der Waals surface area contributed by atoms with Crippen LogP contribution in [0.2, 0.25) is 0 Å². The fraction of sp³-hybridized carbons (Fsp3) is 0.750. The number of nitrogens with zero attached hydrogens (tertiary/aromatic N) is 4. The van der Waals surface area contributed by atoms with E-state index >= 15 is 0 Å². The van der Waals surface area contributed by atoms with E-state index in [1.807, 2.05) is 17.0 Å². The highest BCUT2D eigenvalue weighted by Gasteiger charge is 2.23. The predicted molar refractivity (Wildman–Crippen MR) is 66.1 cm³/mol. The molecule has 1 saturated heterocycles. The summed E-state index contributed by atoms with van der Waals surface area (Å²) in [4.78, 5) is 15.7. The molecule has 6 heteroatoms. The number of nitrogens with two attached hydrogens (primary N) is 1. The number of amides is 1. The van der Waals surface area contributed by atoms with E-state index in [9.17, 15) is 4.79 Å². The first kappa shape index (κ1) is 14.4. The van der Waals surface area contributed by atoms with Crippen LogP contribution in [0, 0.1) is 22.7 Å². The van der Waals surface area contributed by atoms with Crippen molar-refractivity contribution in [1.82, 2.24) is 9.80 Å². The number of hydrogen-bond acceptors (Lipinski definition) is 5. The summed E-state index contributed by atoms with van der Waals surface area (Å²) in [6.07, 6.45) is 1.52. The lowest BCUT2D eigenvalue weighted by molar-refractivity contribution is -0.132. The standard InChI is InChI=1S/C12H19N5O/c13-4-1-6-17(7-2-5-14)12(18)10-16-8-3-11(15)9-16/h11H,1-3,6-10,15H2. The Hall–Kier alpha value is -1.63. The van der Waals surface area contributed by atoms with E-state index in [4.69, 9.17) is 16.3 Å². The number of rotatable bonds is 6. The van der Waals surface area contributed by atoms with Crippen LogP contribution in [-0.4, -0.2) is 54.5 Å². The molecule has 1 aliphatic rings. The Labute approximate surface area is 108 Å². The molecule has 1 fully saturated rings. The first-order valence-electron chi connectivity index (χ1n) is 6.17. The van der Waals surface area contributed by atoms with E-state index in [1.54, 1.807) is 4.90 Å². The Balaban J connectivity index is 2.43. The third kappa shape index (κ3) is 4.70. The molecule has 0 saturated carbocycles. The van der Waals surface area contributed by atoms with Gasteiger partial charge in [-0.25, -0.2) is 0 Å². The molecule has 0 aromatic rings. The van der Waals surface area contributed by atoms with Crippen molar-refractivity contribution in [2.75, 3.05) is 32.7 Å². The molecule has 0 aromatic heterocycles. The lowest BCUT2D eigenvalue weighted by Gasteiger charge is -2.23. The van der Waals surface area contributed by atoms with Crippen LogP contribution in [0.15, 0.2) is 0 Å². The van der Waals surface area contributed by atoms with E-state index in [2.05, 4.69) is 0 Å². The molecule has 1 amide bonds. The molecule has 2 N–H and O–H groups in total. The zero-order valence-electron chi connectivity index (χ0n) is 10.5. The van der Waals surface area contributed by atoms with Gasteiger partial charge in [-0.1, -0.05) is 0 Å². The lowest BCUT2D eigenvalue weighted by atomic mass is 10.3. The molecular weight excluding hydrogens is 230 g/mol. The van der Waals surface area contributed by atoms with Gasteiger partial charge in [0.2, 0.25) is 5.91 Å². The maximum atomic E-state index is 12.0. The molecule has 0 bridgehead atoms. The minimum absolute atomic E-state index is 0.0189. The van der Waals surface area contributed by atoms with Gasteiger partial charge >= 0.3 is 0 Å². The number of likely N-dealkylation sites (tertiary alicyclic amines) is 1. The van der Waals surface area contributed by atoms with Crippen molar-refractivity contribution in [3.63, 3.8) is 0 Å². The number of hydrogen-bond donors (Lipinski definition) is 1. The largest absolute Gasteiger partial charge is 0.340 e. The van der Waals surface area contributed by atoms with Gasteiger partial charge in [0.05, 0.1) is 31.5 Å². The summed E-state index contributed by atoms with van der Waals surface area (Å²) in [5.41, 5.74) is 5.78. The Kier molecular flexibility index (Phi) is 6.13. The Morgan fingerprint density at radius 1 is 1.33 bits per heavy atom. The van der Waals surface area contributed by atoms with Gasteiger partial charge in [-0.05, 0) is 6.42 Å². The van der Waals surface area contributed by atoms with Crippen molar-refractivity contribution < 1.29 is 4.79 Å². The smallest absolute Gasteiger partial charge is 0.236 e. The van der Waals surface area contributed by atoms with Gasteiger partial charge in [-0.15, -0.1) is 0 Å². The molecule has 1 atom stereocenters. The van der Waals surface area contributed by atoms with Crippen molar-refractivity contribution in [2.45, 2.75) is 25.3 Å². The van der Waals surface area contributed by atoms with Gasteiger partial charge in [0.15, 0.2) is 0 Å². The first-order chi connectivity index (χ1) is 8.67. The predicted octanol–water partition coefficient (Wildman–Crippen LogP) is -0.325. The highest BCUT2D eigenvalue weighted by atomic mass is 16.2. The second kappa shape index (κ2) is 7.65. The van der Waals surface area contributed by atoms with Crippen molar-refractivity contribution in [2.24, 2.45) is 5.73 Å². The molecule has 18 heavy (non-hydrogen) atoms. The molecule has 1 aliphatic heterocycles. The van der Waals surface area contributed by atoms with Gasteiger partial charge in [-0.2, -0.15) is 10.5 Å². The molecule has 0 aliphatic carbocycles. The maximum Gasteiger partial charge on any atom is 0.236 e. The van der Waals surface area contributed by atoms with Crippen LogP contribution in [0.4, 0.5) is 0 Å². The van der Waals surface area contributed by atoms with Gasteiger partial charge in [-0.3, -0.25) is 9.69 Å². The van der Waals surface area contributed by atoms with Gasteiger partial charge < -0.3 is 10.6 Å². The molecule has 1 unspecified atom stereocenters. The van der Waals surface area contributed by atoms with E-state index in [0.29, 0.717) is 32.5 Å². The maximum absolute atomic E-state index is 12.0. The Bertz CT molecular complexity index is 338. The summed E-state index contributed by atoms with van der Waals surface area (Å²) in [5.74, 6) is -0.0189. The van der Waals surface area contributed by atoms with Crippen LogP contribution in [-0.2, 0) is 4.79 Å². The van der Waals surface area contributed by atoms with E-state index in [-0.39, 0.29) is 11.9 Å². The summed E-state index contributed by atoms with van der Waals surface area (Å²) in [6, 6.07) is 4.20. The summed E-state index contributed by atoms with van der Waals surface area (Å²) in [5, 5.41) is 17.1. The second-order valence-corrected chi connectivity index (χ2v) is 4.48. The van der Waals surface area contributed by atoms with Crippen LogP contribution in [0.3, 0.4) is 0 Å². The fourth-order valence-corrected chi connectivity index (χ4v) is 2.03. The molecule has 1 heterocycles. The lowest BCUT2D eigenvalue weighted by Crippen LogP contribution is -2.41. The molecule has 0 aromatic carbocycles. The molecule has 98 valence electrons. The summed E-state index contributed by atoms with van der Waals surface area (Å²) >= 11 is 0. The minimum Gasteiger partial charge on any atom is -0.340 e. The normalized spacial score (nSPS) is 19.2. The van der Waals surface area contributed by atoms with Crippen LogP contribution < -0.4 is 5.73 Å². The van der Waals surface area contributed by atoms with Crippen molar-refractivity contribution >= 4 is 5.91 Å². The Morgan fingerprint density at radius 2 is 1.94 bits per heavy atom. The molecule has 1 rings (SSSR count). The molecule has 0 spiro atoms. The third-order valence-electron chi connectivity index (χ3n) is 3.01. The van der Waals surface area contributed by atoms with Gasteiger partial charge in [0.25, 0.3) is 0 Å². The van der Waals surface area contributed by atoms with Gasteiger partial charge in [0.1, 0.15) is 0 Å².